The fourth-order valence-corrected chi connectivity index (χ4v) is 2.93. The van der Waals surface area contributed by atoms with Crippen molar-refractivity contribution in [2.24, 2.45) is 0 Å². The van der Waals surface area contributed by atoms with Crippen LogP contribution in [0.1, 0.15) is 27.3 Å². The molecule has 2 aromatic rings. The zero-order valence-corrected chi connectivity index (χ0v) is 14.3. The molecule has 0 aliphatic carbocycles. The zero-order valence-electron chi connectivity index (χ0n) is 14.3. The molecule has 3 rings (SSSR count). The molecule has 0 bridgehead atoms. The van der Waals surface area contributed by atoms with Crippen LogP contribution in [0, 0.1) is 13.8 Å². The van der Waals surface area contributed by atoms with Gasteiger partial charge in [-0.3, -0.25) is 9.48 Å². The maximum atomic E-state index is 12.6. The van der Waals surface area contributed by atoms with Gasteiger partial charge in [0.15, 0.2) is 6.10 Å². The van der Waals surface area contributed by atoms with E-state index in [-0.39, 0.29) is 19.1 Å². The second-order valence-electron chi connectivity index (χ2n) is 6.23. The van der Waals surface area contributed by atoms with Gasteiger partial charge < -0.3 is 14.7 Å². The highest BCUT2D eigenvalue weighted by Gasteiger charge is 2.29. The molecule has 1 N–H and O–H groups in total. The topological polar surface area (TPSA) is 84.7 Å². The number of carbonyl (C=O) groups is 2. The van der Waals surface area contributed by atoms with E-state index in [2.05, 4.69) is 5.10 Å². The average Bonchev–Trinajstić information content (AvgIpc) is 2.92. The minimum Gasteiger partial charge on any atom is -0.479 e. The highest BCUT2D eigenvalue weighted by molar-refractivity contribution is 5.94. The smallest absolute Gasteiger partial charge is 0.334 e. The maximum Gasteiger partial charge on any atom is 0.334 e. The predicted molar refractivity (Wildman–Crippen MR) is 90.5 cm³/mol. The number of amides is 1. The molecule has 1 unspecified atom stereocenters. The van der Waals surface area contributed by atoms with Gasteiger partial charge in [-0.25, -0.2) is 4.79 Å². The van der Waals surface area contributed by atoms with Gasteiger partial charge in [0, 0.05) is 17.8 Å². The number of aromatic nitrogens is 2. The van der Waals surface area contributed by atoms with Gasteiger partial charge >= 0.3 is 5.97 Å². The molecule has 1 aromatic heterocycles. The van der Waals surface area contributed by atoms with Crippen molar-refractivity contribution < 1.29 is 19.4 Å². The molecule has 0 radical (unpaired) electrons. The molecule has 1 saturated heterocycles. The van der Waals surface area contributed by atoms with Gasteiger partial charge in [-0.15, -0.1) is 0 Å². The Kier molecular flexibility index (Phi) is 4.85. The van der Waals surface area contributed by atoms with E-state index in [1.165, 1.54) is 4.90 Å². The second kappa shape index (κ2) is 7.06. The molecule has 25 heavy (non-hydrogen) atoms. The SMILES string of the molecule is Cc1cc(C)n(Cc2ccc(C(=O)N3CCOC(C(=O)O)C3)cc2)n1. The third-order valence-corrected chi connectivity index (χ3v) is 4.27. The number of hydrogen-bond acceptors (Lipinski definition) is 4. The third kappa shape index (κ3) is 3.88. The number of carboxylic acids is 1. The quantitative estimate of drug-likeness (QED) is 0.909. The maximum absolute atomic E-state index is 12.6. The third-order valence-electron chi connectivity index (χ3n) is 4.27. The van der Waals surface area contributed by atoms with Crippen molar-refractivity contribution in [2.45, 2.75) is 26.5 Å². The lowest BCUT2D eigenvalue weighted by Gasteiger charge is -2.30. The molecule has 1 atom stereocenters. The second-order valence-corrected chi connectivity index (χ2v) is 6.23. The summed E-state index contributed by atoms with van der Waals surface area (Å²) in [5.41, 5.74) is 3.66. The molecule has 2 heterocycles. The minimum absolute atomic E-state index is 0.0711. The van der Waals surface area contributed by atoms with Crippen molar-refractivity contribution in [3.8, 4) is 0 Å². The van der Waals surface area contributed by atoms with E-state index < -0.39 is 12.1 Å². The van der Waals surface area contributed by atoms with Crippen molar-refractivity contribution in [1.82, 2.24) is 14.7 Å². The summed E-state index contributed by atoms with van der Waals surface area (Å²) in [6, 6.07) is 9.37. The molecule has 0 spiro atoms. The number of rotatable bonds is 4. The van der Waals surface area contributed by atoms with Gasteiger partial charge in [0.1, 0.15) is 0 Å². The Morgan fingerprint density at radius 1 is 1.28 bits per heavy atom. The first-order chi connectivity index (χ1) is 11.9. The van der Waals surface area contributed by atoms with Gasteiger partial charge in [-0.05, 0) is 37.6 Å². The highest BCUT2D eigenvalue weighted by Crippen LogP contribution is 2.13. The number of ether oxygens (including phenoxy) is 1. The van der Waals surface area contributed by atoms with Crippen LogP contribution in [0.2, 0.25) is 0 Å². The van der Waals surface area contributed by atoms with E-state index in [0.717, 1.165) is 17.0 Å². The summed E-state index contributed by atoms with van der Waals surface area (Å²) < 4.78 is 7.07. The highest BCUT2D eigenvalue weighted by atomic mass is 16.5. The van der Waals surface area contributed by atoms with E-state index in [4.69, 9.17) is 9.84 Å². The minimum atomic E-state index is -1.04. The van der Waals surface area contributed by atoms with Crippen molar-refractivity contribution in [2.75, 3.05) is 19.7 Å². The molecule has 132 valence electrons. The Morgan fingerprint density at radius 2 is 2.00 bits per heavy atom. The van der Waals surface area contributed by atoms with Crippen molar-refractivity contribution >= 4 is 11.9 Å². The normalized spacial score (nSPS) is 17.5. The first-order valence-electron chi connectivity index (χ1n) is 8.17. The molecule has 1 aromatic carbocycles. The fourth-order valence-electron chi connectivity index (χ4n) is 2.93. The van der Waals surface area contributed by atoms with Crippen LogP contribution in [0.5, 0.6) is 0 Å². The molecule has 0 saturated carbocycles. The van der Waals surface area contributed by atoms with Crippen LogP contribution in [0.25, 0.3) is 0 Å². The first kappa shape index (κ1) is 17.2. The number of hydrogen-bond donors (Lipinski definition) is 1. The summed E-state index contributed by atoms with van der Waals surface area (Å²) in [5, 5.41) is 13.5. The number of carboxylic acid groups (broad SMARTS) is 1. The predicted octanol–water partition coefficient (Wildman–Crippen LogP) is 1.47. The van der Waals surface area contributed by atoms with E-state index in [0.29, 0.717) is 18.7 Å². The van der Waals surface area contributed by atoms with Crippen molar-refractivity contribution in [3.05, 3.63) is 52.8 Å². The molecule has 1 amide bonds. The average molecular weight is 343 g/mol. The summed E-state index contributed by atoms with van der Waals surface area (Å²) in [6.07, 6.45) is -0.956. The molecular formula is C18H21N3O4. The number of morpholine rings is 1. The lowest BCUT2D eigenvalue weighted by atomic mass is 10.1. The van der Waals surface area contributed by atoms with Gasteiger partial charge in [0.05, 0.1) is 25.4 Å². The van der Waals surface area contributed by atoms with Crippen molar-refractivity contribution in [1.29, 1.82) is 0 Å². The van der Waals surface area contributed by atoms with E-state index >= 15 is 0 Å². The Bertz CT molecular complexity index is 782. The van der Waals surface area contributed by atoms with Crippen LogP contribution in [-0.2, 0) is 16.1 Å². The van der Waals surface area contributed by atoms with Crippen LogP contribution in [-0.4, -0.2) is 57.5 Å². The van der Waals surface area contributed by atoms with Crippen molar-refractivity contribution in [3.63, 3.8) is 0 Å². The van der Waals surface area contributed by atoms with Crippen LogP contribution in [0.3, 0.4) is 0 Å². The van der Waals surface area contributed by atoms with Gasteiger partial charge in [-0.2, -0.15) is 5.10 Å². The summed E-state index contributed by atoms with van der Waals surface area (Å²) in [6.45, 7) is 5.32. The van der Waals surface area contributed by atoms with E-state index in [1.54, 1.807) is 12.1 Å². The fraction of sp³-hybridized carbons (Fsp3) is 0.389. The van der Waals surface area contributed by atoms with Gasteiger partial charge in [0.25, 0.3) is 5.91 Å². The van der Waals surface area contributed by atoms with Crippen LogP contribution in [0.4, 0.5) is 0 Å². The molecule has 1 aliphatic heterocycles. The monoisotopic (exact) mass is 343 g/mol. The van der Waals surface area contributed by atoms with E-state index in [9.17, 15) is 9.59 Å². The number of aryl methyl sites for hydroxylation is 2. The Labute approximate surface area is 145 Å². The summed E-state index contributed by atoms with van der Waals surface area (Å²) >= 11 is 0. The van der Waals surface area contributed by atoms with Crippen LogP contribution >= 0.6 is 0 Å². The number of carbonyl (C=O) groups excluding carboxylic acids is 1. The molecule has 7 nitrogen and oxygen atoms in total. The Morgan fingerprint density at radius 3 is 2.60 bits per heavy atom. The molecule has 1 aliphatic rings. The van der Waals surface area contributed by atoms with Crippen LogP contribution < -0.4 is 0 Å². The Balaban J connectivity index is 1.68. The summed E-state index contributed by atoms with van der Waals surface area (Å²) in [5.74, 6) is -1.22. The Hall–Kier alpha value is -2.67. The zero-order chi connectivity index (χ0) is 18.0. The molecule has 1 fully saturated rings. The van der Waals surface area contributed by atoms with Crippen LogP contribution in [0.15, 0.2) is 30.3 Å². The molecular weight excluding hydrogens is 322 g/mol. The largest absolute Gasteiger partial charge is 0.479 e. The number of nitrogens with zero attached hydrogens (tertiary/aromatic N) is 3. The summed E-state index contributed by atoms with van der Waals surface area (Å²) in [4.78, 5) is 25.1. The standard InChI is InChI=1S/C18H21N3O4/c1-12-9-13(2)21(19-12)10-14-3-5-15(6-4-14)17(22)20-7-8-25-16(11-20)18(23)24/h3-6,9,16H,7-8,10-11H2,1-2H3,(H,23,24). The van der Waals surface area contributed by atoms with Gasteiger partial charge in [-0.1, -0.05) is 12.1 Å². The summed E-state index contributed by atoms with van der Waals surface area (Å²) in [7, 11) is 0. The lowest BCUT2D eigenvalue weighted by Crippen LogP contribution is -2.48. The lowest BCUT2D eigenvalue weighted by molar-refractivity contribution is -0.154. The van der Waals surface area contributed by atoms with E-state index in [1.807, 2.05) is 36.7 Å². The van der Waals surface area contributed by atoms with Gasteiger partial charge in [0.2, 0.25) is 0 Å². The first-order valence-corrected chi connectivity index (χ1v) is 8.17. The number of aliphatic carboxylic acids is 1. The molecule has 7 heteroatoms. The number of benzene rings is 1.